The van der Waals surface area contributed by atoms with E-state index in [2.05, 4.69) is 12.4 Å². The van der Waals surface area contributed by atoms with Crippen molar-refractivity contribution in [3.8, 4) is 0 Å². The third kappa shape index (κ3) is 4.67. The van der Waals surface area contributed by atoms with Gasteiger partial charge in [0, 0.05) is 19.2 Å². The summed E-state index contributed by atoms with van der Waals surface area (Å²) >= 11 is 0. The van der Waals surface area contributed by atoms with Crippen LogP contribution in [0.3, 0.4) is 0 Å². The number of nitrogens with one attached hydrogen (secondary N) is 1. The monoisotopic (exact) mass is 405 g/mol. The lowest BCUT2D eigenvalue weighted by atomic mass is 10.0. The fourth-order valence-corrected chi connectivity index (χ4v) is 4.55. The molecular formula is C19H23N3O5S. The van der Waals surface area contributed by atoms with Gasteiger partial charge in [0.1, 0.15) is 5.69 Å². The third-order valence-electron chi connectivity index (χ3n) is 4.81. The van der Waals surface area contributed by atoms with Gasteiger partial charge < -0.3 is 0 Å². The lowest BCUT2D eigenvalue weighted by Gasteiger charge is -2.29. The van der Waals surface area contributed by atoms with E-state index in [1.54, 1.807) is 0 Å². The maximum atomic E-state index is 12.8. The van der Waals surface area contributed by atoms with Gasteiger partial charge in [0.2, 0.25) is 10.0 Å². The number of piperidine rings is 1. The fraction of sp³-hybridized carbons (Fsp3) is 0.368. The third-order valence-corrected chi connectivity index (χ3v) is 6.70. The summed E-state index contributed by atoms with van der Waals surface area (Å²) in [4.78, 5) is 16.1. The van der Waals surface area contributed by atoms with Gasteiger partial charge in [0.15, 0.2) is 0 Å². The van der Waals surface area contributed by atoms with Crippen LogP contribution in [0.2, 0.25) is 0 Å². The Morgan fingerprint density at radius 2 is 1.86 bits per heavy atom. The normalized spacial score (nSPS) is 16.0. The standard InChI is InChI=1S/C19H23N3O5S/c1-15-9-11-21(12-10-15)28(25,26)17-7-8-18(19(13-17)22(23)24)20-27-14-16-5-3-2-4-6-16/h2-8,13,15,20H,9-12,14H2,1H3. The zero-order valence-electron chi connectivity index (χ0n) is 15.6. The van der Waals surface area contributed by atoms with Crippen LogP contribution in [-0.4, -0.2) is 30.7 Å². The number of anilines is 1. The van der Waals surface area contributed by atoms with Gasteiger partial charge in [-0.3, -0.25) is 20.4 Å². The lowest BCUT2D eigenvalue weighted by Crippen LogP contribution is -2.37. The minimum Gasteiger partial charge on any atom is -0.271 e. The van der Waals surface area contributed by atoms with Gasteiger partial charge in [-0.05, 0) is 36.5 Å². The zero-order valence-corrected chi connectivity index (χ0v) is 16.4. The first-order chi connectivity index (χ1) is 13.4. The molecule has 0 spiro atoms. The second-order valence-corrected chi connectivity index (χ2v) is 8.84. The van der Waals surface area contributed by atoms with E-state index >= 15 is 0 Å². The average molecular weight is 405 g/mol. The first kappa shape index (κ1) is 20.2. The van der Waals surface area contributed by atoms with Gasteiger partial charge in [-0.25, -0.2) is 8.42 Å². The molecule has 2 aromatic rings. The number of hydrogen-bond donors (Lipinski definition) is 1. The molecule has 0 saturated carbocycles. The predicted molar refractivity (Wildman–Crippen MR) is 105 cm³/mol. The van der Waals surface area contributed by atoms with Crippen molar-refractivity contribution in [2.75, 3.05) is 18.6 Å². The first-order valence-electron chi connectivity index (χ1n) is 9.08. The van der Waals surface area contributed by atoms with Crippen molar-refractivity contribution in [3.05, 3.63) is 64.2 Å². The van der Waals surface area contributed by atoms with Gasteiger partial charge in [-0.2, -0.15) is 4.31 Å². The molecule has 1 saturated heterocycles. The van der Waals surface area contributed by atoms with Crippen molar-refractivity contribution in [2.45, 2.75) is 31.3 Å². The molecule has 1 aliphatic rings. The molecule has 1 aliphatic heterocycles. The molecule has 28 heavy (non-hydrogen) atoms. The summed E-state index contributed by atoms with van der Waals surface area (Å²) < 4.78 is 27.1. The first-order valence-corrected chi connectivity index (χ1v) is 10.5. The zero-order chi connectivity index (χ0) is 20.1. The van der Waals surface area contributed by atoms with Crippen LogP contribution in [0.15, 0.2) is 53.4 Å². The molecule has 0 unspecified atom stereocenters. The molecule has 3 rings (SSSR count). The Labute approximate surface area is 164 Å². The Bertz CT molecular complexity index is 926. The Morgan fingerprint density at radius 1 is 1.18 bits per heavy atom. The number of rotatable bonds is 7. The predicted octanol–water partition coefficient (Wildman–Crippen LogP) is 3.56. The molecule has 2 aromatic carbocycles. The SMILES string of the molecule is CC1CCN(S(=O)(=O)c2ccc(NOCc3ccccc3)c([N+](=O)[O-])c2)CC1. The van der Waals surface area contributed by atoms with Crippen molar-refractivity contribution in [2.24, 2.45) is 5.92 Å². The van der Waals surface area contributed by atoms with Crippen molar-refractivity contribution in [1.29, 1.82) is 0 Å². The smallest absolute Gasteiger partial charge is 0.271 e. The second-order valence-electron chi connectivity index (χ2n) is 6.90. The molecule has 1 heterocycles. The lowest BCUT2D eigenvalue weighted by molar-refractivity contribution is -0.384. The van der Waals surface area contributed by atoms with Gasteiger partial charge >= 0.3 is 0 Å². The molecule has 1 fully saturated rings. The minimum absolute atomic E-state index is 0.0811. The van der Waals surface area contributed by atoms with Crippen LogP contribution < -0.4 is 5.48 Å². The van der Waals surface area contributed by atoms with Crippen LogP contribution in [0.5, 0.6) is 0 Å². The van der Waals surface area contributed by atoms with Crippen LogP contribution in [0, 0.1) is 16.0 Å². The Hall–Kier alpha value is -2.49. The number of hydrogen-bond acceptors (Lipinski definition) is 6. The van der Waals surface area contributed by atoms with Crippen LogP contribution in [0.25, 0.3) is 0 Å². The maximum Gasteiger partial charge on any atom is 0.295 e. The highest BCUT2D eigenvalue weighted by Crippen LogP contribution is 2.30. The summed E-state index contributed by atoms with van der Waals surface area (Å²) in [5.74, 6) is 0.481. The van der Waals surface area contributed by atoms with E-state index in [0.717, 1.165) is 24.5 Å². The van der Waals surface area contributed by atoms with Gasteiger partial charge in [0.25, 0.3) is 5.69 Å². The summed E-state index contributed by atoms with van der Waals surface area (Å²) in [7, 11) is -3.76. The molecule has 0 aliphatic carbocycles. The van der Waals surface area contributed by atoms with Crippen molar-refractivity contribution in [1.82, 2.24) is 4.31 Å². The van der Waals surface area contributed by atoms with Crippen molar-refractivity contribution in [3.63, 3.8) is 0 Å². The average Bonchev–Trinajstić information content (AvgIpc) is 2.69. The highest BCUT2D eigenvalue weighted by molar-refractivity contribution is 7.89. The highest BCUT2D eigenvalue weighted by atomic mass is 32.2. The molecule has 0 bridgehead atoms. The molecule has 0 aromatic heterocycles. The van der Waals surface area contributed by atoms with E-state index in [-0.39, 0.29) is 22.9 Å². The quantitative estimate of drug-likeness (QED) is 0.558. The molecule has 8 nitrogen and oxygen atoms in total. The molecule has 0 atom stereocenters. The molecule has 150 valence electrons. The number of benzene rings is 2. The summed E-state index contributed by atoms with van der Waals surface area (Å²) in [6.07, 6.45) is 1.57. The second kappa shape index (κ2) is 8.68. The summed E-state index contributed by atoms with van der Waals surface area (Å²) in [6.45, 7) is 3.16. The van der Waals surface area contributed by atoms with Crippen LogP contribution in [-0.2, 0) is 21.5 Å². The van der Waals surface area contributed by atoms with E-state index in [1.165, 1.54) is 16.4 Å². The van der Waals surface area contributed by atoms with Gasteiger partial charge in [0.05, 0.1) is 16.4 Å². The van der Waals surface area contributed by atoms with Crippen LogP contribution >= 0.6 is 0 Å². The van der Waals surface area contributed by atoms with E-state index < -0.39 is 14.9 Å². The highest BCUT2D eigenvalue weighted by Gasteiger charge is 2.30. The Balaban J connectivity index is 1.76. The van der Waals surface area contributed by atoms with E-state index in [9.17, 15) is 18.5 Å². The van der Waals surface area contributed by atoms with Gasteiger partial charge in [-0.15, -0.1) is 0 Å². The fourth-order valence-electron chi connectivity index (χ4n) is 3.05. The van der Waals surface area contributed by atoms with E-state index in [0.29, 0.717) is 19.0 Å². The van der Waals surface area contributed by atoms with E-state index in [4.69, 9.17) is 4.84 Å². The number of nitro groups is 1. The summed E-state index contributed by atoms with van der Waals surface area (Å²) in [5, 5.41) is 11.5. The van der Waals surface area contributed by atoms with Crippen molar-refractivity contribution >= 4 is 21.4 Å². The Kier molecular flexibility index (Phi) is 6.28. The largest absolute Gasteiger partial charge is 0.295 e. The number of nitrogens with zero attached hydrogens (tertiary/aromatic N) is 2. The van der Waals surface area contributed by atoms with Crippen molar-refractivity contribution < 1.29 is 18.2 Å². The maximum absolute atomic E-state index is 12.8. The molecular weight excluding hydrogens is 382 g/mol. The van der Waals surface area contributed by atoms with E-state index in [1.807, 2.05) is 30.3 Å². The molecule has 0 radical (unpaired) electrons. The van der Waals surface area contributed by atoms with Gasteiger partial charge in [-0.1, -0.05) is 37.3 Å². The topological polar surface area (TPSA) is 102 Å². The van der Waals surface area contributed by atoms with Crippen LogP contribution in [0.4, 0.5) is 11.4 Å². The number of sulfonamides is 1. The minimum atomic E-state index is -3.76. The Morgan fingerprint density at radius 3 is 2.50 bits per heavy atom. The summed E-state index contributed by atoms with van der Waals surface area (Å²) in [6, 6.07) is 13.2. The molecule has 1 N–H and O–H groups in total. The van der Waals surface area contributed by atoms with Crippen LogP contribution in [0.1, 0.15) is 25.3 Å². The molecule has 0 amide bonds. The summed E-state index contributed by atoms with van der Waals surface area (Å²) in [5.41, 5.74) is 3.21. The molecule has 9 heteroatoms. The number of nitro benzene ring substituents is 1.